The number of H-pyrrole nitrogens is 1. The standard InChI is InChI=1S/C19H24N6O3.HI/c1-4-20-19(21-11-13-7-8-14(26-2)10-16(13)27-3)22-12-17-23-18(25-24-17)15-6-5-9-28-15;/h5-10H,4,11-12H2,1-3H3,(H2,20,21,22)(H,23,24,25);1H. The molecule has 156 valence electrons. The number of aromatic amines is 1. The van der Waals surface area contributed by atoms with Gasteiger partial charge in [0.2, 0.25) is 5.82 Å². The van der Waals surface area contributed by atoms with Crippen LogP contribution in [0.3, 0.4) is 0 Å². The summed E-state index contributed by atoms with van der Waals surface area (Å²) in [6.45, 7) is 3.64. The quantitative estimate of drug-likeness (QED) is 0.242. The summed E-state index contributed by atoms with van der Waals surface area (Å²) in [5.74, 6) is 3.96. The third-order valence-corrected chi connectivity index (χ3v) is 3.94. The molecule has 3 aromatic rings. The van der Waals surface area contributed by atoms with Gasteiger partial charge < -0.3 is 24.5 Å². The van der Waals surface area contributed by atoms with Crippen molar-refractivity contribution in [2.75, 3.05) is 20.8 Å². The second kappa shape index (κ2) is 11.3. The van der Waals surface area contributed by atoms with Crippen molar-refractivity contribution in [3.05, 3.63) is 48.0 Å². The lowest BCUT2D eigenvalue weighted by molar-refractivity contribution is 0.391. The molecule has 0 unspecified atom stereocenters. The highest BCUT2D eigenvalue weighted by atomic mass is 127. The van der Waals surface area contributed by atoms with Gasteiger partial charge >= 0.3 is 0 Å². The van der Waals surface area contributed by atoms with E-state index in [0.29, 0.717) is 36.5 Å². The highest BCUT2D eigenvalue weighted by Gasteiger charge is 2.09. The molecule has 2 heterocycles. The highest BCUT2D eigenvalue weighted by Crippen LogP contribution is 2.25. The number of hydrogen-bond donors (Lipinski definition) is 3. The topological polar surface area (TPSA) is 110 Å². The highest BCUT2D eigenvalue weighted by molar-refractivity contribution is 14.0. The number of hydrogen-bond acceptors (Lipinski definition) is 6. The van der Waals surface area contributed by atoms with Crippen LogP contribution in [0.25, 0.3) is 11.6 Å². The van der Waals surface area contributed by atoms with Crippen LogP contribution in [0.4, 0.5) is 0 Å². The van der Waals surface area contributed by atoms with Crippen LogP contribution in [0.1, 0.15) is 18.3 Å². The summed E-state index contributed by atoms with van der Waals surface area (Å²) in [4.78, 5) is 9.02. The fraction of sp³-hybridized carbons (Fsp3) is 0.316. The van der Waals surface area contributed by atoms with Crippen molar-refractivity contribution in [1.82, 2.24) is 25.8 Å². The van der Waals surface area contributed by atoms with Gasteiger partial charge in [-0.15, -0.1) is 29.1 Å². The number of benzene rings is 1. The summed E-state index contributed by atoms with van der Waals surface area (Å²) in [5, 5.41) is 13.5. The molecule has 0 aliphatic heterocycles. The Kier molecular flexibility index (Phi) is 8.77. The zero-order valence-corrected chi connectivity index (χ0v) is 18.9. The minimum absolute atomic E-state index is 0. The van der Waals surface area contributed by atoms with E-state index in [1.807, 2.05) is 31.2 Å². The molecule has 10 heteroatoms. The zero-order valence-electron chi connectivity index (χ0n) is 16.6. The molecule has 0 amide bonds. The van der Waals surface area contributed by atoms with Gasteiger partial charge in [-0.05, 0) is 31.2 Å². The predicted octanol–water partition coefficient (Wildman–Crippen LogP) is 2.96. The van der Waals surface area contributed by atoms with E-state index in [-0.39, 0.29) is 24.0 Å². The maximum absolute atomic E-state index is 5.43. The molecule has 3 N–H and O–H groups in total. The van der Waals surface area contributed by atoms with Crippen LogP contribution in [0.5, 0.6) is 11.5 Å². The lowest BCUT2D eigenvalue weighted by Crippen LogP contribution is -2.37. The number of rotatable bonds is 8. The third-order valence-electron chi connectivity index (χ3n) is 3.94. The van der Waals surface area contributed by atoms with E-state index in [0.717, 1.165) is 23.6 Å². The minimum atomic E-state index is 0. The maximum atomic E-state index is 5.43. The van der Waals surface area contributed by atoms with Gasteiger partial charge in [0.15, 0.2) is 11.7 Å². The zero-order chi connectivity index (χ0) is 19.8. The van der Waals surface area contributed by atoms with Gasteiger partial charge in [0.1, 0.15) is 17.3 Å². The van der Waals surface area contributed by atoms with Gasteiger partial charge in [0.05, 0.1) is 33.6 Å². The van der Waals surface area contributed by atoms with Crippen LogP contribution in [0, 0.1) is 0 Å². The smallest absolute Gasteiger partial charge is 0.216 e. The summed E-state index contributed by atoms with van der Waals surface area (Å²) in [6.07, 6.45) is 1.59. The first-order valence-electron chi connectivity index (χ1n) is 8.91. The SMILES string of the molecule is CCNC(=NCc1ccc(OC)cc1OC)NCc1nc(-c2ccco2)n[nH]1.I. The Morgan fingerprint density at radius 3 is 2.76 bits per heavy atom. The molecule has 0 aliphatic carbocycles. The lowest BCUT2D eigenvalue weighted by Gasteiger charge is -2.12. The van der Waals surface area contributed by atoms with Crippen molar-refractivity contribution in [1.29, 1.82) is 0 Å². The molecule has 9 nitrogen and oxygen atoms in total. The number of nitrogens with one attached hydrogen (secondary N) is 3. The number of aliphatic imine (C=N–C) groups is 1. The summed E-state index contributed by atoms with van der Waals surface area (Å²) in [5.41, 5.74) is 0.959. The van der Waals surface area contributed by atoms with E-state index in [2.05, 4.69) is 30.8 Å². The van der Waals surface area contributed by atoms with E-state index in [1.54, 1.807) is 26.5 Å². The number of methoxy groups -OCH3 is 2. The fourth-order valence-electron chi connectivity index (χ4n) is 2.55. The van der Waals surface area contributed by atoms with Crippen molar-refractivity contribution in [3.8, 4) is 23.1 Å². The van der Waals surface area contributed by atoms with E-state index >= 15 is 0 Å². The molecule has 0 spiro atoms. The Hall–Kier alpha value is -2.76. The first kappa shape index (κ1) is 22.5. The third kappa shape index (κ3) is 6.11. The van der Waals surface area contributed by atoms with Crippen LogP contribution in [0.2, 0.25) is 0 Å². The molecule has 3 rings (SSSR count). The Balaban J connectivity index is 0.00000300. The second-order valence-electron chi connectivity index (χ2n) is 5.81. The Morgan fingerprint density at radius 1 is 1.21 bits per heavy atom. The van der Waals surface area contributed by atoms with Crippen LogP contribution < -0.4 is 20.1 Å². The van der Waals surface area contributed by atoms with Gasteiger partial charge in [-0.1, -0.05) is 0 Å². The Labute approximate surface area is 186 Å². The average Bonchev–Trinajstić information content (AvgIpc) is 3.41. The number of guanidine groups is 1. The van der Waals surface area contributed by atoms with E-state index in [9.17, 15) is 0 Å². The summed E-state index contributed by atoms with van der Waals surface area (Å²) in [7, 11) is 3.26. The van der Waals surface area contributed by atoms with Gasteiger partial charge in [0.25, 0.3) is 0 Å². The molecular weight excluding hydrogens is 487 g/mol. The fourth-order valence-corrected chi connectivity index (χ4v) is 2.55. The monoisotopic (exact) mass is 512 g/mol. The van der Waals surface area contributed by atoms with Crippen LogP contribution in [-0.4, -0.2) is 41.9 Å². The second-order valence-corrected chi connectivity index (χ2v) is 5.81. The van der Waals surface area contributed by atoms with Gasteiger partial charge in [-0.25, -0.2) is 9.98 Å². The Bertz CT molecular complexity index is 911. The molecule has 0 atom stereocenters. The van der Waals surface area contributed by atoms with Gasteiger partial charge in [0, 0.05) is 18.2 Å². The van der Waals surface area contributed by atoms with Gasteiger partial charge in [-0.3, -0.25) is 5.10 Å². The molecule has 0 saturated carbocycles. The number of ether oxygens (including phenoxy) is 2. The van der Waals surface area contributed by atoms with E-state index in [1.165, 1.54) is 0 Å². The number of aromatic nitrogens is 3. The first-order valence-corrected chi connectivity index (χ1v) is 8.91. The minimum Gasteiger partial charge on any atom is -0.497 e. The Morgan fingerprint density at radius 2 is 2.07 bits per heavy atom. The molecule has 0 aliphatic rings. The van der Waals surface area contributed by atoms with E-state index < -0.39 is 0 Å². The summed E-state index contributed by atoms with van der Waals surface area (Å²) >= 11 is 0. The lowest BCUT2D eigenvalue weighted by atomic mass is 10.2. The van der Waals surface area contributed by atoms with Crippen LogP contribution >= 0.6 is 24.0 Å². The maximum Gasteiger partial charge on any atom is 0.216 e. The van der Waals surface area contributed by atoms with Crippen molar-refractivity contribution >= 4 is 29.9 Å². The summed E-state index contributed by atoms with van der Waals surface area (Å²) in [6, 6.07) is 9.28. The molecule has 1 aromatic carbocycles. The molecule has 0 saturated heterocycles. The van der Waals surface area contributed by atoms with Crippen LogP contribution in [-0.2, 0) is 13.1 Å². The summed E-state index contributed by atoms with van der Waals surface area (Å²) < 4.78 is 16.0. The van der Waals surface area contributed by atoms with E-state index in [4.69, 9.17) is 13.9 Å². The van der Waals surface area contributed by atoms with Crippen molar-refractivity contribution in [2.45, 2.75) is 20.0 Å². The molecule has 0 bridgehead atoms. The first-order chi connectivity index (χ1) is 13.7. The number of furan rings is 1. The van der Waals surface area contributed by atoms with Crippen molar-refractivity contribution < 1.29 is 13.9 Å². The normalized spacial score (nSPS) is 10.9. The van der Waals surface area contributed by atoms with Crippen molar-refractivity contribution in [2.24, 2.45) is 4.99 Å². The molecule has 0 fully saturated rings. The van der Waals surface area contributed by atoms with Gasteiger partial charge in [-0.2, -0.15) is 0 Å². The number of halogens is 1. The molecule has 0 radical (unpaired) electrons. The largest absolute Gasteiger partial charge is 0.497 e. The molecule has 2 aromatic heterocycles. The van der Waals surface area contributed by atoms with Crippen LogP contribution in [0.15, 0.2) is 46.0 Å². The molecule has 29 heavy (non-hydrogen) atoms. The molecular formula is C19H25IN6O3. The average molecular weight is 512 g/mol. The van der Waals surface area contributed by atoms with Crippen molar-refractivity contribution in [3.63, 3.8) is 0 Å². The number of nitrogens with zero attached hydrogens (tertiary/aromatic N) is 3. The predicted molar refractivity (Wildman–Crippen MR) is 121 cm³/mol.